The summed E-state index contributed by atoms with van der Waals surface area (Å²) in [5, 5.41) is 19.0. The number of carbonyl (C=O) groups is 2. The number of ketones is 1. The molecule has 0 heterocycles. The molecule has 5 N–H and O–H groups in total. The van der Waals surface area contributed by atoms with E-state index in [4.69, 9.17) is 10.5 Å². The van der Waals surface area contributed by atoms with Gasteiger partial charge in [0, 0.05) is 41.0 Å². The van der Waals surface area contributed by atoms with E-state index in [-0.39, 0.29) is 58.5 Å². The molecule has 0 aromatic carbocycles. The second-order valence-corrected chi connectivity index (χ2v) is 16.8. The van der Waals surface area contributed by atoms with Gasteiger partial charge in [-0.2, -0.15) is 0 Å². The molecule has 4 rings (SSSR count). The highest BCUT2D eigenvalue weighted by Gasteiger charge is 2.68. The summed E-state index contributed by atoms with van der Waals surface area (Å²) in [4.78, 5) is 27.4. The minimum atomic E-state index is -2.37. The topological polar surface area (TPSA) is 114 Å². The van der Waals surface area contributed by atoms with Crippen molar-refractivity contribution in [1.82, 2.24) is 10.6 Å². The maximum Gasteiger partial charge on any atom is 0.316 e. The van der Waals surface area contributed by atoms with Gasteiger partial charge in [-0.15, -0.1) is 11.8 Å². The standard InChI is InChI=1S/C35H61F2N3O4S/c1-23-12-14-35-15-13-27(41)31(35)34(23,4)28(19-33(3,32(43)24(35)2)22-39-17-8-6-5-7-16-38)44-30(42)21-45-26-11-9-10-25(18-26)40-20-29(36)37/h23-26,28-29,31-32,39-40,43H,5-22,38H2,1-4H3/t23-,24+,25?,26?,28-,31?,32+,33-,34+,35+/m1/s1. The summed E-state index contributed by atoms with van der Waals surface area (Å²) >= 11 is 1.57. The van der Waals surface area contributed by atoms with Crippen molar-refractivity contribution < 1.29 is 28.2 Å². The second-order valence-electron chi connectivity index (χ2n) is 15.5. The molecule has 45 heavy (non-hydrogen) atoms. The fourth-order valence-electron chi connectivity index (χ4n) is 9.77. The van der Waals surface area contributed by atoms with Crippen molar-refractivity contribution in [3.8, 4) is 0 Å². The Kier molecular flexibility index (Phi) is 13.2. The summed E-state index contributed by atoms with van der Waals surface area (Å²) in [5.41, 5.74) is 4.31. The molecule has 10 heteroatoms. The molecule has 0 amide bonds. The number of esters is 1. The van der Waals surface area contributed by atoms with Crippen LogP contribution in [0.5, 0.6) is 0 Å². The van der Waals surface area contributed by atoms with Crippen LogP contribution in [0, 0.1) is 34.0 Å². The lowest BCUT2D eigenvalue weighted by atomic mass is 9.44. The predicted octanol–water partition coefficient (Wildman–Crippen LogP) is 5.71. The molecule has 4 aliphatic rings. The number of hydrogen-bond acceptors (Lipinski definition) is 8. The first-order valence-corrected chi connectivity index (χ1v) is 18.9. The van der Waals surface area contributed by atoms with Crippen LogP contribution >= 0.6 is 11.8 Å². The van der Waals surface area contributed by atoms with Crippen LogP contribution in [0.1, 0.15) is 111 Å². The number of aliphatic hydroxyl groups is 1. The molecule has 0 aromatic rings. The van der Waals surface area contributed by atoms with Crippen LogP contribution in [0.25, 0.3) is 0 Å². The minimum Gasteiger partial charge on any atom is -0.461 e. The molecule has 4 fully saturated rings. The van der Waals surface area contributed by atoms with E-state index >= 15 is 0 Å². The fourth-order valence-corrected chi connectivity index (χ4v) is 10.9. The average molecular weight is 658 g/mol. The first-order chi connectivity index (χ1) is 21.4. The number of unbranched alkanes of at least 4 members (excludes halogenated alkanes) is 3. The molecular weight excluding hydrogens is 596 g/mol. The summed E-state index contributed by atoms with van der Waals surface area (Å²) in [6, 6.07) is 0.0488. The van der Waals surface area contributed by atoms with Gasteiger partial charge in [0.15, 0.2) is 0 Å². The third kappa shape index (κ3) is 8.26. The molecule has 10 atom stereocenters. The zero-order valence-corrected chi connectivity index (χ0v) is 29.1. The molecule has 7 nitrogen and oxygen atoms in total. The number of ether oxygens (including phenoxy) is 1. The zero-order valence-electron chi connectivity index (χ0n) is 28.3. The number of alkyl halides is 2. The van der Waals surface area contributed by atoms with Crippen LogP contribution in [-0.4, -0.2) is 78.7 Å². The second kappa shape index (κ2) is 16.1. The summed E-state index contributed by atoms with van der Waals surface area (Å²) < 4.78 is 32.0. The number of carbonyl (C=O) groups excluding carboxylic acids is 2. The molecule has 2 bridgehead atoms. The number of halogens is 2. The average Bonchev–Trinajstić information content (AvgIpc) is 3.37. The summed E-state index contributed by atoms with van der Waals surface area (Å²) in [6.07, 6.45) is 8.07. The normalized spacial score (nSPS) is 40.2. The van der Waals surface area contributed by atoms with E-state index in [1.807, 2.05) is 0 Å². The van der Waals surface area contributed by atoms with Gasteiger partial charge in [-0.1, -0.05) is 47.0 Å². The van der Waals surface area contributed by atoms with Crippen LogP contribution in [0.15, 0.2) is 0 Å². The van der Waals surface area contributed by atoms with Gasteiger partial charge < -0.3 is 26.2 Å². The summed E-state index contributed by atoms with van der Waals surface area (Å²) in [5.74, 6) is 0.119. The van der Waals surface area contributed by atoms with Crippen molar-refractivity contribution in [2.45, 2.75) is 141 Å². The molecule has 3 unspecified atom stereocenters. The number of nitrogens with two attached hydrogens (primary N) is 1. The fraction of sp³-hybridized carbons (Fsp3) is 0.943. The van der Waals surface area contributed by atoms with E-state index in [0.717, 1.165) is 83.7 Å². The largest absolute Gasteiger partial charge is 0.461 e. The van der Waals surface area contributed by atoms with E-state index in [9.17, 15) is 23.5 Å². The lowest BCUT2D eigenvalue weighted by Crippen LogP contribution is -2.64. The molecule has 260 valence electrons. The van der Waals surface area contributed by atoms with Gasteiger partial charge in [-0.05, 0) is 88.1 Å². The maximum absolute atomic E-state index is 13.8. The molecule has 0 saturated heterocycles. The Labute approximate surface area is 274 Å². The molecular formula is C35H61F2N3O4S. The molecule has 0 radical (unpaired) electrons. The molecule has 4 aliphatic carbocycles. The molecule has 0 aromatic heterocycles. The molecule has 0 spiro atoms. The van der Waals surface area contributed by atoms with Crippen molar-refractivity contribution >= 4 is 23.5 Å². The summed E-state index contributed by atoms with van der Waals surface area (Å²) in [7, 11) is 0. The van der Waals surface area contributed by atoms with Gasteiger partial charge in [0.25, 0.3) is 6.43 Å². The highest BCUT2D eigenvalue weighted by Crippen LogP contribution is 2.67. The highest BCUT2D eigenvalue weighted by atomic mass is 32.2. The number of thioether (sulfide) groups is 1. The lowest BCUT2D eigenvalue weighted by Gasteiger charge is -2.62. The van der Waals surface area contributed by atoms with Crippen molar-refractivity contribution in [2.75, 3.05) is 31.9 Å². The molecule has 0 aliphatic heterocycles. The number of rotatable bonds is 15. The van der Waals surface area contributed by atoms with E-state index in [1.54, 1.807) is 11.8 Å². The Morgan fingerprint density at radius 3 is 2.62 bits per heavy atom. The van der Waals surface area contributed by atoms with Crippen LogP contribution < -0.4 is 16.4 Å². The quantitative estimate of drug-likeness (QED) is 0.131. The van der Waals surface area contributed by atoms with Gasteiger partial charge in [-0.25, -0.2) is 8.78 Å². The van der Waals surface area contributed by atoms with Gasteiger partial charge in [0.05, 0.1) is 18.4 Å². The third-order valence-electron chi connectivity index (χ3n) is 12.6. The van der Waals surface area contributed by atoms with E-state index in [0.29, 0.717) is 19.4 Å². The lowest BCUT2D eigenvalue weighted by molar-refractivity contribution is -0.210. The van der Waals surface area contributed by atoms with Crippen molar-refractivity contribution in [1.29, 1.82) is 0 Å². The van der Waals surface area contributed by atoms with Crippen molar-refractivity contribution in [2.24, 2.45) is 39.7 Å². The Morgan fingerprint density at radius 2 is 1.89 bits per heavy atom. The third-order valence-corrected chi connectivity index (χ3v) is 13.9. The first-order valence-electron chi connectivity index (χ1n) is 17.8. The smallest absolute Gasteiger partial charge is 0.316 e. The Hall–Kier alpha value is -0.810. The molecule has 4 saturated carbocycles. The Balaban J connectivity index is 1.51. The predicted molar refractivity (Wildman–Crippen MR) is 177 cm³/mol. The van der Waals surface area contributed by atoms with E-state index in [2.05, 4.69) is 38.3 Å². The first kappa shape index (κ1) is 37.0. The van der Waals surface area contributed by atoms with Gasteiger partial charge >= 0.3 is 5.97 Å². The minimum absolute atomic E-state index is 0.0396. The van der Waals surface area contributed by atoms with Crippen LogP contribution in [0.3, 0.4) is 0 Å². The van der Waals surface area contributed by atoms with Crippen LogP contribution in [-0.2, 0) is 14.3 Å². The number of aliphatic hydroxyl groups excluding tert-OH is 1. The van der Waals surface area contributed by atoms with Crippen molar-refractivity contribution in [3.63, 3.8) is 0 Å². The Morgan fingerprint density at radius 1 is 1.13 bits per heavy atom. The van der Waals surface area contributed by atoms with E-state index < -0.39 is 29.5 Å². The number of Topliss-reactive ketones (excluding diaryl/α,β-unsaturated/α-hetero) is 1. The SMILES string of the molecule is C[C@@H]1CC[C@@]23CCC(=O)C2[C@]1(C)[C@H](OC(=O)CSC1CCCC(NCC(F)F)C1)C[C@](C)(CNCCCCCCN)[C@@H](O)[C@@H]3C. The van der Waals surface area contributed by atoms with Gasteiger partial charge in [-0.3, -0.25) is 9.59 Å². The maximum atomic E-state index is 13.8. The Bertz CT molecular complexity index is 993. The zero-order chi connectivity index (χ0) is 32.8. The monoisotopic (exact) mass is 657 g/mol. The van der Waals surface area contributed by atoms with Crippen LogP contribution in [0.4, 0.5) is 8.78 Å². The summed E-state index contributed by atoms with van der Waals surface area (Å²) in [6.45, 7) is 10.6. The number of hydrogen-bond donors (Lipinski definition) is 4. The van der Waals surface area contributed by atoms with Crippen molar-refractivity contribution in [3.05, 3.63) is 0 Å². The van der Waals surface area contributed by atoms with Gasteiger partial charge in [0.2, 0.25) is 0 Å². The van der Waals surface area contributed by atoms with Gasteiger partial charge in [0.1, 0.15) is 11.9 Å². The van der Waals surface area contributed by atoms with Crippen LogP contribution in [0.2, 0.25) is 0 Å². The number of nitrogens with one attached hydrogen (secondary N) is 2. The highest BCUT2D eigenvalue weighted by molar-refractivity contribution is 8.00. The van der Waals surface area contributed by atoms with E-state index in [1.165, 1.54) is 0 Å².